The third-order valence-corrected chi connectivity index (χ3v) is 3.74. The highest BCUT2D eigenvalue weighted by molar-refractivity contribution is 9.10. The molecule has 1 heterocycles. The van der Waals surface area contributed by atoms with Crippen LogP contribution >= 0.6 is 15.9 Å². The van der Waals surface area contributed by atoms with Crippen LogP contribution < -0.4 is 4.74 Å². The number of nitrogens with zero attached hydrogens (tertiary/aromatic N) is 2. The molecule has 0 fully saturated rings. The van der Waals surface area contributed by atoms with Crippen LogP contribution in [0.15, 0.2) is 46.2 Å². The maximum Gasteiger partial charge on any atom is 0.236 e. The Balaban J connectivity index is 2.34. The molecule has 94 valence electrons. The molecule has 0 saturated heterocycles. The van der Waals surface area contributed by atoms with Crippen LogP contribution in [0.1, 0.15) is 0 Å². The van der Waals surface area contributed by atoms with E-state index in [1.807, 2.05) is 0 Å². The second-order valence-corrected chi connectivity index (χ2v) is 6.39. The quantitative estimate of drug-likeness (QED) is 0.865. The first-order valence-corrected chi connectivity index (χ1v) is 7.59. The average molecular weight is 329 g/mol. The average Bonchev–Trinajstić information content (AvgIpc) is 2.31. The molecule has 1 aromatic heterocycles. The van der Waals surface area contributed by atoms with Crippen molar-refractivity contribution in [2.24, 2.45) is 0 Å². The van der Waals surface area contributed by atoms with E-state index in [2.05, 4.69) is 25.9 Å². The lowest BCUT2D eigenvalue weighted by Gasteiger charge is -2.06. The molecule has 0 unspecified atom stereocenters. The van der Waals surface area contributed by atoms with E-state index in [1.165, 1.54) is 18.5 Å². The maximum atomic E-state index is 11.4. The summed E-state index contributed by atoms with van der Waals surface area (Å²) in [6.45, 7) is 0. The second-order valence-electron chi connectivity index (χ2n) is 3.52. The van der Waals surface area contributed by atoms with Crippen LogP contribution in [0, 0.1) is 0 Å². The van der Waals surface area contributed by atoms with E-state index >= 15 is 0 Å². The van der Waals surface area contributed by atoms with Crippen molar-refractivity contribution in [3.05, 3.63) is 41.3 Å². The van der Waals surface area contributed by atoms with Gasteiger partial charge in [-0.05, 0) is 34.1 Å². The molecule has 0 aliphatic carbocycles. The lowest BCUT2D eigenvalue weighted by atomic mass is 10.3. The molecule has 5 nitrogen and oxygen atoms in total. The summed E-state index contributed by atoms with van der Waals surface area (Å²) in [4.78, 5) is 7.94. The van der Waals surface area contributed by atoms with Crippen LogP contribution in [-0.4, -0.2) is 24.6 Å². The third kappa shape index (κ3) is 3.05. The summed E-state index contributed by atoms with van der Waals surface area (Å²) in [6.07, 6.45) is 4.04. The predicted molar refractivity (Wildman–Crippen MR) is 69.4 cm³/mol. The highest BCUT2D eigenvalue weighted by Gasteiger charge is 2.09. The summed E-state index contributed by atoms with van der Waals surface area (Å²) < 4.78 is 28.9. The molecular weight excluding hydrogens is 320 g/mol. The monoisotopic (exact) mass is 328 g/mol. The zero-order valence-corrected chi connectivity index (χ0v) is 11.8. The van der Waals surface area contributed by atoms with Gasteiger partial charge in [-0.2, -0.15) is 0 Å². The molecule has 7 heteroatoms. The van der Waals surface area contributed by atoms with Gasteiger partial charge in [-0.1, -0.05) is 6.07 Å². The second kappa shape index (κ2) is 5.03. The van der Waals surface area contributed by atoms with E-state index in [-0.39, 0.29) is 4.90 Å². The summed E-state index contributed by atoms with van der Waals surface area (Å²) in [5.74, 6) is 0.730. The van der Waals surface area contributed by atoms with Gasteiger partial charge >= 0.3 is 0 Å². The molecule has 0 N–H and O–H groups in total. The molecule has 0 aliphatic rings. The predicted octanol–water partition coefficient (Wildman–Crippen LogP) is 2.43. The van der Waals surface area contributed by atoms with Crippen LogP contribution in [0.5, 0.6) is 11.6 Å². The minimum absolute atomic E-state index is 0.199. The van der Waals surface area contributed by atoms with Crippen molar-refractivity contribution < 1.29 is 13.2 Å². The minimum atomic E-state index is -3.25. The smallest absolute Gasteiger partial charge is 0.236 e. The van der Waals surface area contributed by atoms with Gasteiger partial charge in [-0.25, -0.2) is 18.4 Å². The number of hydrogen-bond donors (Lipinski definition) is 0. The van der Waals surface area contributed by atoms with E-state index in [0.717, 1.165) is 6.26 Å². The number of hydrogen-bond acceptors (Lipinski definition) is 5. The summed E-state index contributed by atoms with van der Waals surface area (Å²) in [7, 11) is -3.25. The van der Waals surface area contributed by atoms with Crippen LogP contribution in [0.4, 0.5) is 0 Å². The molecule has 18 heavy (non-hydrogen) atoms. The van der Waals surface area contributed by atoms with Crippen molar-refractivity contribution in [1.82, 2.24) is 9.97 Å². The summed E-state index contributed by atoms with van der Waals surface area (Å²) in [5, 5.41) is 0. The Labute approximate surface area is 113 Å². The first-order valence-electron chi connectivity index (χ1n) is 4.90. The molecule has 2 rings (SSSR count). The molecule has 2 aromatic rings. The number of aromatic nitrogens is 2. The molecular formula is C11H9BrN2O3S. The number of rotatable bonds is 3. The summed E-state index contributed by atoms with van der Waals surface area (Å²) >= 11 is 3.24. The van der Waals surface area contributed by atoms with Gasteiger partial charge in [0.15, 0.2) is 9.84 Å². The Morgan fingerprint density at radius 3 is 2.78 bits per heavy atom. The molecule has 0 atom stereocenters. The number of ether oxygens (including phenoxy) is 1. The molecule has 0 bridgehead atoms. The largest absolute Gasteiger partial charge is 0.438 e. The molecule has 0 radical (unpaired) electrons. The summed E-state index contributed by atoms with van der Waals surface area (Å²) in [6, 6.07) is 6.23. The van der Waals surface area contributed by atoms with E-state index in [1.54, 1.807) is 18.3 Å². The van der Waals surface area contributed by atoms with Crippen LogP contribution in [0.25, 0.3) is 0 Å². The number of benzene rings is 1. The van der Waals surface area contributed by atoms with Gasteiger partial charge < -0.3 is 4.74 Å². The van der Waals surface area contributed by atoms with Gasteiger partial charge in [0.1, 0.15) is 12.1 Å². The Bertz CT molecular complexity index is 673. The van der Waals surface area contributed by atoms with E-state index in [9.17, 15) is 8.42 Å². The Kier molecular flexibility index (Phi) is 3.63. The van der Waals surface area contributed by atoms with Crippen LogP contribution in [0.2, 0.25) is 0 Å². The molecule has 1 aromatic carbocycles. The van der Waals surface area contributed by atoms with Crippen molar-refractivity contribution in [3.63, 3.8) is 0 Å². The summed E-state index contributed by atoms with van der Waals surface area (Å²) in [5.41, 5.74) is 0. The standard InChI is InChI=1S/C11H9BrN2O3S/c1-18(15,16)9-4-2-3-8(5-9)17-11-10(12)6-13-7-14-11/h2-7H,1H3. The normalized spacial score (nSPS) is 11.2. The molecule has 0 amide bonds. The molecule has 0 aliphatic heterocycles. The number of halogens is 1. The first-order chi connectivity index (χ1) is 8.47. The van der Waals surface area contributed by atoms with Crippen molar-refractivity contribution >= 4 is 25.8 Å². The van der Waals surface area contributed by atoms with Gasteiger partial charge in [0.2, 0.25) is 5.88 Å². The van der Waals surface area contributed by atoms with Gasteiger partial charge in [-0.3, -0.25) is 0 Å². The number of sulfone groups is 1. The molecule has 0 spiro atoms. The van der Waals surface area contributed by atoms with Gasteiger partial charge in [0, 0.05) is 12.5 Å². The Hall–Kier alpha value is -1.47. The fraction of sp³-hybridized carbons (Fsp3) is 0.0909. The van der Waals surface area contributed by atoms with Crippen molar-refractivity contribution in [3.8, 4) is 11.6 Å². The fourth-order valence-electron chi connectivity index (χ4n) is 1.26. The topological polar surface area (TPSA) is 69.2 Å². The van der Waals surface area contributed by atoms with Gasteiger partial charge in [0.25, 0.3) is 0 Å². The molecule has 0 saturated carbocycles. The van der Waals surface area contributed by atoms with E-state index in [0.29, 0.717) is 16.1 Å². The third-order valence-electron chi connectivity index (χ3n) is 2.08. The maximum absolute atomic E-state index is 11.4. The minimum Gasteiger partial charge on any atom is -0.438 e. The van der Waals surface area contributed by atoms with Crippen molar-refractivity contribution in [1.29, 1.82) is 0 Å². The zero-order valence-electron chi connectivity index (χ0n) is 9.37. The SMILES string of the molecule is CS(=O)(=O)c1cccc(Oc2ncncc2Br)c1. The fourth-order valence-corrected chi connectivity index (χ4v) is 2.21. The van der Waals surface area contributed by atoms with Crippen LogP contribution in [-0.2, 0) is 9.84 Å². The van der Waals surface area contributed by atoms with Crippen LogP contribution in [0.3, 0.4) is 0 Å². The Morgan fingerprint density at radius 2 is 2.11 bits per heavy atom. The van der Waals surface area contributed by atoms with Crippen molar-refractivity contribution in [2.75, 3.05) is 6.26 Å². The van der Waals surface area contributed by atoms with Gasteiger partial charge in [-0.15, -0.1) is 0 Å². The van der Waals surface area contributed by atoms with E-state index < -0.39 is 9.84 Å². The Morgan fingerprint density at radius 1 is 1.33 bits per heavy atom. The highest BCUT2D eigenvalue weighted by Crippen LogP contribution is 2.27. The van der Waals surface area contributed by atoms with Crippen molar-refractivity contribution in [2.45, 2.75) is 4.90 Å². The van der Waals surface area contributed by atoms with E-state index in [4.69, 9.17) is 4.74 Å². The zero-order chi connectivity index (χ0) is 13.2. The highest BCUT2D eigenvalue weighted by atomic mass is 79.9. The lowest BCUT2D eigenvalue weighted by Crippen LogP contribution is -1.97. The lowest BCUT2D eigenvalue weighted by molar-refractivity contribution is 0.456. The van der Waals surface area contributed by atoms with Gasteiger partial charge in [0.05, 0.1) is 9.37 Å². The first kappa shape index (κ1) is 13.0.